The number of aliphatic hydroxyl groups is 1. The Morgan fingerprint density at radius 3 is 2.52 bits per heavy atom. The van der Waals surface area contributed by atoms with Crippen molar-refractivity contribution in [3.05, 3.63) is 0 Å². The van der Waals surface area contributed by atoms with Crippen LogP contribution in [0.2, 0.25) is 0 Å². The van der Waals surface area contributed by atoms with Gasteiger partial charge in [-0.15, -0.1) is 11.8 Å². The van der Waals surface area contributed by atoms with E-state index in [1.54, 1.807) is 23.6 Å². The van der Waals surface area contributed by atoms with Crippen LogP contribution in [0, 0.1) is 11.8 Å². The van der Waals surface area contributed by atoms with Crippen molar-refractivity contribution < 1.29 is 19.5 Å². The Kier molecular flexibility index (Phi) is 6.53. The van der Waals surface area contributed by atoms with Crippen molar-refractivity contribution in [3.8, 4) is 0 Å². The van der Waals surface area contributed by atoms with Crippen molar-refractivity contribution in [2.75, 3.05) is 19.7 Å². The van der Waals surface area contributed by atoms with Crippen LogP contribution in [0.15, 0.2) is 0 Å². The van der Waals surface area contributed by atoms with E-state index in [-0.39, 0.29) is 29.1 Å². The Bertz CT molecular complexity index is 674. The molecular weight excluding hydrogens is 390 g/mol. The van der Waals surface area contributed by atoms with Crippen molar-refractivity contribution in [2.24, 2.45) is 11.8 Å². The third-order valence-electron chi connectivity index (χ3n) is 6.86. The van der Waals surface area contributed by atoms with Gasteiger partial charge in [-0.2, -0.15) is 0 Å². The fraction of sp³-hybridized carbons (Fsp3) is 0.857. The molecule has 3 fully saturated rings. The van der Waals surface area contributed by atoms with Gasteiger partial charge in [-0.05, 0) is 39.5 Å². The Hall–Kier alpha value is -1.28. The summed E-state index contributed by atoms with van der Waals surface area (Å²) < 4.78 is -0.936. The summed E-state index contributed by atoms with van der Waals surface area (Å²) in [5, 5.41) is 15.8. The number of unbranched alkanes of at least 4 members (excludes halogenated alkanes) is 1. The summed E-state index contributed by atoms with van der Waals surface area (Å²) in [6, 6.07) is -1.11. The zero-order valence-electron chi connectivity index (χ0n) is 18.0. The number of likely N-dealkylation sites (tertiary alicyclic amines) is 1. The van der Waals surface area contributed by atoms with Crippen LogP contribution in [-0.4, -0.2) is 69.0 Å². The average Bonchev–Trinajstić information content (AvgIpc) is 3.26. The summed E-state index contributed by atoms with van der Waals surface area (Å²) in [5.74, 6) is -1.35. The summed E-state index contributed by atoms with van der Waals surface area (Å²) in [6.45, 7) is 8.86. The summed E-state index contributed by atoms with van der Waals surface area (Å²) in [4.78, 5) is 41.5. The molecule has 3 N–H and O–H groups in total. The van der Waals surface area contributed by atoms with E-state index < -0.39 is 28.7 Å². The van der Waals surface area contributed by atoms with Crippen LogP contribution in [-0.2, 0) is 14.4 Å². The average molecular weight is 426 g/mol. The molecule has 0 radical (unpaired) electrons. The van der Waals surface area contributed by atoms with Crippen LogP contribution in [0.5, 0.6) is 0 Å². The number of fused-ring (bicyclic) bond motifs is 1. The Balaban J connectivity index is 1.98. The first-order chi connectivity index (χ1) is 13.8. The maximum atomic E-state index is 13.6. The van der Waals surface area contributed by atoms with Crippen LogP contribution < -0.4 is 10.6 Å². The normalized spacial score (nSPS) is 36.2. The molecule has 1 spiro atoms. The quantitative estimate of drug-likeness (QED) is 0.484. The third-order valence-corrected chi connectivity index (χ3v) is 8.85. The number of hydrogen-bond donors (Lipinski definition) is 3. The number of rotatable bonds is 9. The Morgan fingerprint density at radius 1 is 1.21 bits per heavy atom. The molecule has 3 saturated heterocycles. The van der Waals surface area contributed by atoms with Gasteiger partial charge in [0, 0.05) is 17.8 Å². The smallest absolute Gasteiger partial charge is 0.244 e. The number of nitrogens with zero attached hydrogens (tertiary/aromatic N) is 1. The maximum absolute atomic E-state index is 13.6. The highest BCUT2D eigenvalue weighted by atomic mass is 32.2. The van der Waals surface area contributed by atoms with Crippen LogP contribution in [0.3, 0.4) is 0 Å². The molecule has 3 heterocycles. The second-order valence-corrected chi connectivity index (χ2v) is 10.8. The Labute approximate surface area is 177 Å². The molecule has 8 heteroatoms. The predicted molar refractivity (Wildman–Crippen MR) is 113 cm³/mol. The lowest BCUT2D eigenvalue weighted by atomic mass is 9.66. The number of carbonyl (C=O) groups excluding carboxylic acids is 3. The molecule has 6 atom stereocenters. The highest BCUT2D eigenvalue weighted by Crippen LogP contribution is 2.71. The van der Waals surface area contributed by atoms with E-state index in [0.29, 0.717) is 13.1 Å². The first-order valence-corrected chi connectivity index (χ1v) is 11.8. The lowest BCUT2D eigenvalue weighted by molar-refractivity contribution is -0.143. The summed E-state index contributed by atoms with van der Waals surface area (Å²) >= 11 is 1.67. The van der Waals surface area contributed by atoms with Gasteiger partial charge in [0.15, 0.2) is 0 Å². The van der Waals surface area contributed by atoms with Gasteiger partial charge in [0.05, 0.1) is 29.2 Å². The van der Waals surface area contributed by atoms with Crippen molar-refractivity contribution in [3.63, 3.8) is 0 Å². The lowest BCUT2D eigenvalue weighted by Crippen LogP contribution is -2.56. The van der Waals surface area contributed by atoms with Gasteiger partial charge in [0.25, 0.3) is 0 Å². The summed E-state index contributed by atoms with van der Waals surface area (Å²) in [5.41, 5.74) is 0. The molecule has 3 aliphatic rings. The van der Waals surface area contributed by atoms with Gasteiger partial charge in [-0.1, -0.05) is 20.3 Å². The third kappa shape index (κ3) is 3.46. The first kappa shape index (κ1) is 22.4. The van der Waals surface area contributed by atoms with E-state index in [2.05, 4.69) is 24.5 Å². The van der Waals surface area contributed by atoms with Crippen molar-refractivity contribution in [1.29, 1.82) is 0 Å². The number of nitrogens with one attached hydrogen (secondary N) is 2. The molecule has 0 aromatic heterocycles. The molecule has 29 heavy (non-hydrogen) atoms. The maximum Gasteiger partial charge on any atom is 0.244 e. The molecule has 0 aromatic carbocycles. The standard InChI is InChI=1S/C21H35N3O4S/c1-5-7-11-23-18(27)16-21-9-8-20(4,29-21)14(17(26)22-10-6-2)15(21)19(28)24(16)13(3)12-25/h13-16,25H,5-12H2,1-4H3,(H,22,26)(H,23,27)/t13-,14-,15+,16?,20+,21?/m1/s1. The molecule has 0 aromatic rings. The second kappa shape index (κ2) is 8.46. The molecule has 0 aliphatic carbocycles. The minimum atomic E-state index is -0.644. The van der Waals surface area contributed by atoms with Crippen LogP contribution in [0.25, 0.3) is 0 Å². The minimum Gasteiger partial charge on any atom is -0.394 e. The van der Waals surface area contributed by atoms with E-state index in [0.717, 1.165) is 32.1 Å². The molecule has 7 nitrogen and oxygen atoms in total. The van der Waals surface area contributed by atoms with Crippen molar-refractivity contribution in [1.82, 2.24) is 15.5 Å². The molecule has 2 bridgehead atoms. The van der Waals surface area contributed by atoms with Gasteiger partial charge in [0.1, 0.15) is 6.04 Å². The number of amides is 3. The number of carbonyl (C=O) groups is 3. The SMILES string of the molecule is CCCCNC(=O)C1N([C@H](C)CO)C(=O)[C@@H]2[C@H](C(=O)NCCC)[C@]3(C)CCC12S3. The van der Waals surface area contributed by atoms with Gasteiger partial charge in [-0.25, -0.2) is 0 Å². The Morgan fingerprint density at radius 2 is 1.90 bits per heavy atom. The largest absolute Gasteiger partial charge is 0.394 e. The van der Waals surface area contributed by atoms with Crippen LogP contribution in [0.1, 0.15) is 59.8 Å². The number of thioether (sulfide) groups is 1. The van der Waals surface area contributed by atoms with E-state index >= 15 is 0 Å². The lowest BCUT2D eigenvalue weighted by Gasteiger charge is -2.36. The molecule has 3 aliphatic heterocycles. The number of hydrogen-bond acceptors (Lipinski definition) is 5. The van der Waals surface area contributed by atoms with Crippen LogP contribution in [0.4, 0.5) is 0 Å². The van der Waals surface area contributed by atoms with Gasteiger partial charge >= 0.3 is 0 Å². The molecule has 3 amide bonds. The molecule has 2 unspecified atom stereocenters. The second-order valence-electron chi connectivity index (χ2n) is 8.94. The fourth-order valence-corrected chi connectivity index (χ4v) is 7.81. The first-order valence-electron chi connectivity index (χ1n) is 11.0. The zero-order chi connectivity index (χ0) is 21.4. The topological polar surface area (TPSA) is 98.7 Å². The van der Waals surface area contributed by atoms with E-state index in [1.165, 1.54) is 0 Å². The zero-order valence-corrected chi connectivity index (χ0v) is 18.8. The molecular formula is C21H35N3O4S. The molecule has 3 rings (SSSR count). The summed E-state index contributed by atoms with van der Waals surface area (Å²) in [6.07, 6.45) is 4.24. The highest BCUT2D eigenvalue weighted by Gasteiger charge is 2.77. The van der Waals surface area contributed by atoms with Gasteiger partial charge < -0.3 is 20.6 Å². The predicted octanol–water partition coefficient (Wildman–Crippen LogP) is 1.29. The van der Waals surface area contributed by atoms with Gasteiger partial charge in [0.2, 0.25) is 17.7 Å². The van der Waals surface area contributed by atoms with E-state index in [4.69, 9.17) is 0 Å². The van der Waals surface area contributed by atoms with E-state index in [1.807, 2.05) is 6.92 Å². The van der Waals surface area contributed by atoms with E-state index in [9.17, 15) is 19.5 Å². The van der Waals surface area contributed by atoms with Crippen molar-refractivity contribution >= 4 is 29.5 Å². The molecule has 164 valence electrons. The fourth-order valence-electron chi connectivity index (χ4n) is 5.47. The highest BCUT2D eigenvalue weighted by molar-refractivity contribution is 8.02. The summed E-state index contributed by atoms with van der Waals surface area (Å²) in [7, 11) is 0. The van der Waals surface area contributed by atoms with Gasteiger partial charge in [-0.3, -0.25) is 14.4 Å². The molecule has 0 saturated carbocycles. The monoisotopic (exact) mass is 425 g/mol. The minimum absolute atomic E-state index is 0.0783. The van der Waals surface area contributed by atoms with Crippen LogP contribution >= 0.6 is 11.8 Å². The van der Waals surface area contributed by atoms with Crippen molar-refractivity contribution in [2.45, 2.75) is 81.4 Å². The number of aliphatic hydroxyl groups excluding tert-OH is 1.